The van der Waals surface area contributed by atoms with E-state index in [1.54, 1.807) is 12.3 Å². The molecule has 0 aliphatic heterocycles. The molecule has 3 nitrogen and oxygen atoms in total. The lowest BCUT2D eigenvalue weighted by Crippen LogP contribution is -2.04. The van der Waals surface area contributed by atoms with Crippen molar-refractivity contribution in [1.82, 2.24) is 4.98 Å². The summed E-state index contributed by atoms with van der Waals surface area (Å²) in [4.78, 5) is 14.7. The van der Waals surface area contributed by atoms with Crippen LogP contribution in [0.15, 0.2) is 12.3 Å². The Morgan fingerprint density at radius 2 is 2.13 bits per heavy atom. The molecule has 80 valence electrons. The van der Waals surface area contributed by atoms with E-state index in [4.69, 9.17) is 5.11 Å². The monoisotopic (exact) mass is 205 g/mol. The van der Waals surface area contributed by atoms with Crippen molar-refractivity contribution in [2.75, 3.05) is 0 Å². The highest BCUT2D eigenvalue weighted by atomic mass is 16.4. The van der Waals surface area contributed by atoms with E-state index in [9.17, 15) is 4.79 Å². The van der Waals surface area contributed by atoms with E-state index in [0.717, 1.165) is 5.56 Å². The quantitative estimate of drug-likeness (QED) is 0.807. The summed E-state index contributed by atoms with van der Waals surface area (Å²) >= 11 is 0. The summed E-state index contributed by atoms with van der Waals surface area (Å²) in [7, 11) is 0. The van der Waals surface area contributed by atoms with Gasteiger partial charge in [0.2, 0.25) is 0 Å². The number of hydrogen-bond donors (Lipinski definition) is 1. The van der Waals surface area contributed by atoms with Gasteiger partial charge in [0.15, 0.2) is 0 Å². The van der Waals surface area contributed by atoms with Crippen LogP contribution in [0.5, 0.6) is 0 Å². The van der Waals surface area contributed by atoms with E-state index >= 15 is 0 Å². The largest absolute Gasteiger partial charge is 0.477 e. The first-order valence-corrected chi connectivity index (χ1v) is 5.38. The number of pyridine rings is 1. The van der Waals surface area contributed by atoms with E-state index in [-0.39, 0.29) is 5.69 Å². The van der Waals surface area contributed by atoms with E-state index in [2.05, 4.69) is 4.98 Å². The molecule has 1 saturated carbocycles. The summed E-state index contributed by atoms with van der Waals surface area (Å²) in [6.45, 7) is 1.97. The maximum absolute atomic E-state index is 10.7. The second kappa shape index (κ2) is 4.01. The van der Waals surface area contributed by atoms with Crippen LogP contribution in [0.25, 0.3) is 0 Å². The summed E-state index contributed by atoms with van der Waals surface area (Å²) in [5.74, 6) is -0.351. The highest BCUT2D eigenvalue weighted by Gasteiger charge is 2.19. The number of carboxylic acid groups (broad SMARTS) is 1. The highest BCUT2D eigenvalue weighted by Crippen LogP contribution is 2.35. The van der Waals surface area contributed by atoms with Crippen molar-refractivity contribution in [2.45, 2.75) is 38.5 Å². The van der Waals surface area contributed by atoms with Gasteiger partial charge in [-0.25, -0.2) is 9.78 Å². The molecule has 1 fully saturated rings. The standard InChI is InChI=1S/C12H15NO2/c1-8-6-11(12(14)15)13-7-10(8)9-4-2-3-5-9/h6-7,9H,2-5H2,1H3,(H,14,15). The third kappa shape index (κ3) is 2.01. The van der Waals surface area contributed by atoms with Crippen molar-refractivity contribution in [3.8, 4) is 0 Å². The maximum atomic E-state index is 10.7. The van der Waals surface area contributed by atoms with Crippen molar-refractivity contribution in [2.24, 2.45) is 0 Å². The number of carboxylic acids is 1. The minimum absolute atomic E-state index is 0.147. The van der Waals surface area contributed by atoms with Gasteiger partial charge >= 0.3 is 5.97 Å². The lowest BCUT2D eigenvalue weighted by atomic mass is 9.95. The van der Waals surface area contributed by atoms with Gasteiger partial charge in [-0.15, -0.1) is 0 Å². The van der Waals surface area contributed by atoms with E-state index in [1.807, 2.05) is 6.92 Å². The van der Waals surface area contributed by atoms with Crippen molar-refractivity contribution in [3.05, 3.63) is 29.1 Å². The second-order valence-electron chi connectivity index (χ2n) is 4.21. The molecule has 15 heavy (non-hydrogen) atoms. The zero-order valence-corrected chi connectivity index (χ0v) is 8.86. The maximum Gasteiger partial charge on any atom is 0.354 e. The van der Waals surface area contributed by atoms with Gasteiger partial charge in [0, 0.05) is 6.20 Å². The average molecular weight is 205 g/mol. The first-order valence-electron chi connectivity index (χ1n) is 5.38. The molecule has 1 aliphatic carbocycles. The van der Waals surface area contributed by atoms with E-state index in [1.165, 1.54) is 31.2 Å². The molecule has 1 aliphatic rings. The molecule has 1 N–H and O–H groups in total. The van der Waals surface area contributed by atoms with Gasteiger partial charge in [-0.3, -0.25) is 0 Å². The fourth-order valence-electron chi connectivity index (χ4n) is 2.35. The van der Waals surface area contributed by atoms with Gasteiger partial charge < -0.3 is 5.11 Å². The molecule has 0 unspecified atom stereocenters. The summed E-state index contributed by atoms with van der Waals surface area (Å²) in [6, 6.07) is 1.68. The average Bonchev–Trinajstić information content (AvgIpc) is 2.70. The lowest BCUT2D eigenvalue weighted by molar-refractivity contribution is 0.0690. The summed E-state index contributed by atoms with van der Waals surface area (Å²) in [5.41, 5.74) is 2.45. The minimum Gasteiger partial charge on any atom is -0.477 e. The first-order chi connectivity index (χ1) is 7.18. The second-order valence-corrected chi connectivity index (χ2v) is 4.21. The molecule has 0 aromatic carbocycles. The number of aromatic carboxylic acids is 1. The Morgan fingerprint density at radius 1 is 1.47 bits per heavy atom. The number of nitrogens with zero attached hydrogens (tertiary/aromatic N) is 1. The molecule has 0 atom stereocenters. The molecule has 0 spiro atoms. The Labute approximate surface area is 89.2 Å². The SMILES string of the molecule is Cc1cc(C(=O)O)ncc1C1CCCC1. The molecule has 2 rings (SSSR count). The summed E-state index contributed by atoms with van der Waals surface area (Å²) in [5, 5.41) is 8.80. The van der Waals surface area contributed by atoms with Gasteiger partial charge in [0.1, 0.15) is 5.69 Å². The number of hydrogen-bond acceptors (Lipinski definition) is 2. The Hall–Kier alpha value is -1.38. The fraction of sp³-hybridized carbons (Fsp3) is 0.500. The fourth-order valence-corrected chi connectivity index (χ4v) is 2.35. The Bertz CT molecular complexity index is 381. The van der Waals surface area contributed by atoms with Gasteiger partial charge in [-0.2, -0.15) is 0 Å². The smallest absolute Gasteiger partial charge is 0.354 e. The van der Waals surface area contributed by atoms with Crippen LogP contribution in [0.1, 0.15) is 53.2 Å². The first kappa shape index (κ1) is 10.1. The molecule has 1 aromatic heterocycles. The molecule has 0 amide bonds. The molecular weight excluding hydrogens is 190 g/mol. The predicted octanol–water partition coefficient (Wildman–Crippen LogP) is 2.75. The number of aryl methyl sites for hydroxylation is 1. The molecule has 0 radical (unpaired) electrons. The number of rotatable bonds is 2. The van der Waals surface area contributed by atoms with Gasteiger partial charge in [0.05, 0.1) is 0 Å². The van der Waals surface area contributed by atoms with Crippen LogP contribution in [0.4, 0.5) is 0 Å². The van der Waals surface area contributed by atoms with Crippen LogP contribution in [-0.2, 0) is 0 Å². The third-order valence-electron chi connectivity index (χ3n) is 3.17. The van der Waals surface area contributed by atoms with Crippen LogP contribution < -0.4 is 0 Å². The van der Waals surface area contributed by atoms with Gasteiger partial charge in [-0.1, -0.05) is 12.8 Å². The van der Waals surface area contributed by atoms with Crippen LogP contribution >= 0.6 is 0 Å². The van der Waals surface area contributed by atoms with Crippen molar-refractivity contribution in [3.63, 3.8) is 0 Å². The third-order valence-corrected chi connectivity index (χ3v) is 3.17. The van der Waals surface area contributed by atoms with Crippen molar-refractivity contribution in [1.29, 1.82) is 0 Å². The van der Waals surface area contributed by atoms with E-state index < -0.39 is 5.97 Å². The normalized spacial score (nSPS) is 16.9. The Balaban J connectivity index is 2.29. The lowest BCUT2D eigenvalue weighted by Gasteiger charge is -2.12. The number of aromatic nitrogens is 1. The highest BCUT2D eigenvalue weighted by molar-refractivity contribution is 5.85. The Morgan fingerprint density at radius 3 is 2.67 bits per heavy atom. The van der Waals surface area contributed by atoms with Gasteiger partial charge in [0.25, 0.3) is 0 Å². The van der Waals surface area contributed by atoms with E-state index in [0.29, 0.717) is 5.92 Å². The van der Waals surface area contributed by atoms with Crippen LogP contribution in [0, 0.1) is 6.92 Å². The topological polar surface area (TPSA) is 50.2 Å². The van der Waals surface area contributed by atoms with Crippen LogP contribution in [0.2, 0.25) is 0 Å². The molecule has 1 heterocycles. The molecule has 3 heteroatoms. The predicted molar refractivity (Wildman–Crippen MR) is 57.1 cm³/mol. The molecular formula is C12H15NO2. The van der Waals surface area contributed by atoms with Crippen molar-refractivity contribution >= 4 is 5.97 Å². The van der Waals surface area contributed by atoms with Crippen LogP contribution in [0.3, 0.4) is 0 Å². The van der Waals surface area contributed by atoms with Gasteiger partial charge in [-0.05, 0) is 42.9 Å². The molecule has 0 bridgehead atoms. The summed E-state index contributed by atoms with van der Waals surface area (Å²) < 4.78 is 0. The Kier molecular flexibility index (Phi) is 2.71. The van der Waals surface area contributed by atoms with Crippen LogP contribution in [-0.4, -0.2) is 16.1 Å². The molecule has 0 saturated heterocycles. The van der Waals surface area contributed by atoms with Crippen molar-refractivity contribution < 1.29 is 9.90 Å². The minimum atomic E-state index is -0.948. The number of carbonyl (C=O) groups is 1. The summed E-state index contributed by atoms with van der Waals surface area (Å²) in [6.07, 6.45) is 6.74. The molecule has 1 aromatic rings. The zero-order valence-electron chi connectivity index (χ0n) is 8.86. The zero-order chi connectivity index (χ0) is 10.8.